The monoisotopic (exact) mass is 291 g/mol. The number of carboxylic acids is 1. The third-order valence-electron chi connectivity index (χ3n) is 3.41. The lowest BCUT2D eigenvalue weighted by Crippen LogP contribution is -2.43. The van der Waals surface area contributed by atoms with Gasteiger partial charge in [-0.25, -0.2) is 4.79 Å². The third kappa shape index (κ3) is 3.74. The summed E-state index contributed by atoms with van der Waals surface area (Å²) in [6.07, 6.45) is 0.144. The molecule has 1 aliphatic rings. The highest BCUT2D eigenvalue weighted by atomic mass is 16.6. The van der Waals surface area contributed by atoms with E-state index < -0.39 is 23.7 Å². The molecule has 1 amide bonds. The van der Waals surface area contributed by atoms with E-state index in [0.29, 0.717) is 13.0 Å². The predicted octanol–water partition coefficient (Wildman–Crippen LogP) is 3.00. The van der Waals surface area contributed by atoms with E-state index in [-0.39, 0.29) is 6.42 Å². The number of aliphatic carboxylic acids is 1. The predicted molar refractivity (Wildman–Crippen MR) is 78.1 cm³/mol. The van der Waals surface area contributed by atoms with Crippen molar-refractivity contribution < 1.29 is 19.4 Å². The Morgan fingerprint density at radius 2 is 2.00 bits per heavy atom. The van der Waals surface area contributed by atoms with Crippen LogP contribution < -0.4 is 0 Å². The van der Waals surface area contributed by atoms with Gasteiger partial charge in [0.25, 0.3) is 0 Å². The highest BCUT2D eigenvalue weighted by molar-refractivity contribution is 5.73. The van der Waals surface area contributed by atoms with E-state index in [2.05, 4.69) is 0 Å². The molecule has 0 radical (unpaired) electrons. The molecule has 21 heavy (non-hydrogen) atoms. The summed E-state index contributed by atoms with van der Waals surface area (Å²) in [5, 5.41) is 9.14. The molecule has 114 valence electrons. The standard InChI is InChI=1S/C16H21NO4/c1-16(2,3)21-15(20)17-9-8-11-6-4-5-7-12(11)13(17)10-14(18)19/h4-7,13H,8-10H2,1-3H3,(H,18,19)/t13-/m0/s1. The minimum absolute atomic E-state index is 0.115. The Morgan fingerprint density at radius 1 is 1.33 bits per heavy atom. The summed E-state index contributed by atoms with van der Waals surface area (Å²) in [4.78, 5) is 25.0. The Labute approximate surface area is 124 Å². The Balaban J connectivity index is 2.29. The molecule has 2 rings (SSSR count). The van der Waals surface area contributed by atoms with Crippen molar-refractivity contribution in [3.8, 4) is 0 Å². The van der Waals surface area contributed by atoms with Crippen LogP contribution in [0.5, 0.6) is 0 Å². The molecule has 0 saturated heterocycles. The lowest BCUT2D eigenvalue weighted by Gasteiger charge is -2.37. The molecule has 0 bridgehead atoms. The highest BCUT2D eigenvalue weighted by Crippen LogP contribution is 2.33. The van der Waals surface area contributed by atoms with Crippen LogP contribution in [-0.2, 0) is 16.0 Å². The van der Waals surface area contributed by atoms with Gasteiger partial charge in [0.15, 0.2) is 0 Å². The fraction of sp³-hybridized carbons (Fsp3) is 0.500. The van der Waals surface area contributed by atoms with E-state index in [9.17, 15) is 9.59 Å². The van der Waals surface area contributed by atoms with Crippen LogP contribution in [-0.4, -0.2) is 34.2 Å². The van der Waals surface area contributed by atoms with Crippen LogP contribution in [0.3, 0.4) is 0 Å². The summed E-state index contributed by atoms with van der Waals surface area (Å²) in [5.41, 5.74) is 1.41. The molecule has 1 atom stereocenters. The van der Waals surface area contributed by atoms with Crippen LogP contribution in [0.2, 0.25) is 0 Å². The summed E-state index contributed by atoms with van der Waals surface area (Å²) >= 11 is 0. The fourth-order valence-electron chi connectivity index (χ4n) is 2.58. The number of fused-ring (bicyclic) bond motifs is 1. The maximum atomic E-state index is 12.3. The zero-order chi connectivity index (χ0) is 15.6. The van der Waals surface area contributed by atoms with Crippen LogP contribution in [0.1, 0.15) is 44.4 Å². The van der Waals surface area contributed by atoms with Crippen molar-refractivity contribution in [2.45, 2.75) is 45.3 Å². The number of rotatable bonds is 2. The zero-order valence-electron chi connectivity index (χ0n) is 12.6. The van der Waals surface area contributed by atoms with Gasteiger partial charge >= 0.3 is 12.1 Å². The Morgan fingerprint density at radius 3 is 2.62 bits per heavy atom. The lowest BCUT2D eigenvalue weighted by molar-refractivity contribution is -0.138. The first-order chi connectivity index (χ1) is 9.78. The summed E-state index contributed by atoms with van der Waals surface area (Å²) in [5.74, 6) is -0.926. The molecule has 5 heteroatoms. The highest BCUT2D eigenvalue weighted by Gasteiger charge is 2.34. The van der Waals surface area contributed by atoms with Gasteiger partial charge in [-0.15, -0.1) is 0 Å². The van der Waals surface area contributed by atoms with E-state index in [4.69, 9.17) is 9.84 Å². The second-order valence-corrected chi connectivity index (χ2v) is 6.24. The molecule has 0 fully saturated rings. The van der Waals surface area contributed by atoms with E-state index in [1.54, 1.807) is 20.8 Å². The number of carbonyl (C=O) groups is 2. The van der Waals surface area contributed by atoms with Crippen LogP contribution in [0.4, 0.5) is 4.79 Å². The van der Waals surface area contributed by atoms with Gasteiger partial charge < -0.3 is 14.7 Å². The van der Waals surface area contributed by atoms with Crippen molar-refractivity contribution in [3.63, 3.8) is 0 Å². The third-order valence-corrected chi connectivity index (χ3v) is 3.41. The number of carboxylic acid groups (broad SMARTS) is 1. The topological polar surface area (TPSA) is 66.8 Å². The molecular weight excluding hydrogens is 270 g/mol. The van der Waals surface area contributed by atoms with Crippen molar-refractivity contribution in [2.24, 2.45) is 0 Å². The van der Waals surface area contributed by atoms with Gasteiger partial charge in [-0.1, -0.05) is 24.3 Å². The first kappa shape index (κ1) is 15.4. The molecule has 0 aromatic heterocycles. The van der Waals surface area contributed by atoms with E-state index in [1.165, 1.54) is 4.90 Å². The molecule has 1 heterocycles. The maximum absolute atomic E-state index is 12.3. The normalized spacial score (nSPS) is 18.0. The van der Waals surface area contributed by atoms with Crippen molar-refractivity contribution in [2.75, 3.05) is 6.54 Å². The smallest absolute Gasteiger partial charge is 0.410 e. The number of nitrogens with zero attached hydrogens (tertiary/aromatic N) is 1. The number of amides is 1. The summed E-state index contributed by atoms with van der Waals surface area (Å²) in [7, 11) is 0. The Hall–Kier alpha value is -2.04. The van der Waals surface area contributed by atoms with Crippen molar-refractivity contribution in [1.82, 2.24) is 4.90 Å². The van der Waals surface area contributed by atoms with E-state index in [0.717, 1.165) is 11.1 Å². The van der Waals surface area contributed by atoms with Crippen molar-refractivity contribution >= 4 is 12.1 Å². The molecule has 1 aliphatic heterocycles. The van der Waals surface area contributed by atoms with Crippen molar-refractivity contribution in [1.29, 1.82) is 0 Å². The zero-order valence-corrected chi connectivity index (χ0v) is 12.6. The van der Waals surface area contributed by atoms with Crippen LogP contribution in [0.15, 0.2) is 24.3 Å². The molecule has 1 aromatic carbocycles. The molecule has 0 spiro atoms. The van der Waals surface area contributed by atoms with Crippen LogP contribution >= 0.6 is 0 Å². The molecule has 1 aromatic rings. The molecule has 5 nitrogen and oxygen atoms in total. The van der Waals surface area contributed by atoms with Gasteiger partial charge in [-0.05, 0) is 38.3 Å². The Bertz CT molecular complexity index is 547. The molecule has 1 N–H and O–H groups in total. The quantitative estimate of drug-likeness (QED) is 0.909. The van der Waals surface area contributed by atoms with E-state index in [1.807, 2.05) is 24.3 Å². The van der Waals surface area contributed by atoms with Gasteiger partial charge in [0, 0.05) is 6.54 Å². The van der Waals surface area contributed by atoms with Gasteiger partial charge in [-0.2, -0.15) is 0 Å². The largest absolute Gasteiger partial charge is 0.481 e. The molecule has 0 saturated carbocycles. The molecule has 0 aliphatic carbocycles. The second kappa shape index (κ2) is 5.76. The number of benzene rings is 1. The first-order valence-corrected chi connectivity index (χ1v) is 7.07. The van der Waals surface area contributed by atoms with Crippen LogP contribution in [0.25, 0.3) is 0 Å². The minimum Gasteiger partial charge on any atom is -0.481 e. The Kier molecular flexibility index (Phi) is 4.21. The number of carbonyl (C=O) groups excluding carboxylic acids is 1. The number of ether oxygens (including phenoxy) is 1. The lowest BCUT2D eigenvalue weighted by atomic mass is 9.91. The summed E-state index contributed by atoms with van der Waals surface area (Å²) in [6, 6.07) is 7.20. The van der Waals surface area contributed by atoms with Gasteiger partial charge in [-0.3, -0.25) is 4.79 Å². The fourth-order valence-corrected chi connectivity index (χ4v) is 2.58. The first-order valence-electron chi connectivity index (χ1n) is 7.07. The maximum Gasteiger partial charge on any atom is 0.410 e. The SMILES string of the molecule is CC(C)(C)OC(=O)N1CCc2ccccc2[C@@H]1CC(=O)O. The van der Waals surface area contributed by atoms with Gasteiger partial charge in [0.1, 0.15) is 5.60 Å². The van der Waals surface area contributed by atoms with Crippen molar-refractivity contribution in [3.05, 3.63) is 35.4 Å². The van der Waals surface area contributed by atoms with Gasteiger partial charge in [0.05, 0.1) is 12.5 Å². The molecule has 0 unspecified atom stereocenters. The average Bonchev–Trinajstić information content (AvgIpc) is 2.36. The van der Waals surface area contributed by atoms with Gasteiger partial charge in [0.2, 0.25) is 0 Å². The minimum atomic E-state index is -0.926. The number of hydrogen-bond donors (Lipinski definition) is 1. The number of hydrogen-bond acceptors (Lipinski definition) is 3. The molecular formula is C16H21NO4. The summed E-state index contributed by atoms with van der Waals surface area (Å²) in [6.45, 7) is 5.88. The second-order valence-electron chi connectivity index (χ2n) is 6.24. The van der Waals surface area contributed by atoms with E-state index >= 15 is 0 Å². The summed E-state index contributed by atoms with van der Waals surface area (Å²) < 4.78 is 5.40. The average molecular weight is 291 g/mol. The van der Waals surface area contributed by atoms with Crippen LogP contribution in [0, 0.1) is 0 Å².